The van der Waals surface area contributed by atoms with Gasteiger partial charge in [-0.25, -0.2) is 0 Å². The number of carbonyl (C=O) groups is 4. The molecule has 0 aliphatic carbocycles. The van der Waals surface area contributed by atoms with Crippen molar-refractivity contribution in [3.63, 3.8) is 0 Å². The van der Waals surface area contributed by atoms with Crippen molar-refractivity contribution in [1.82, 2.24) is 9.80 Å². The predicted octanol–water partition coefficient (Wildman–Crippen LogP) is 6.41. The zero-order valence-electron chi connectivity index (χ0n) is 29.3. The number of carbonyl (C=O) groups excluding carboxylic acids is 3. The van der Waals surface area contributed by atoms with E-state index in [0.717, 1.165) is 17.7 Å². The van der Waals surface area contributed by atoms with Crippen LogP contribution in [0.25, 0.3) is 0 Å². The maximum absolute atomic E-state index is 14.0. The Morgan fingerprint density at radius 2 is 1.20 bits per heavy atom. The van der Waals surface area contributed by atoms with Gasteiger partial charge >= 0.3 is 12.1 Å². The van der Waals surface area contributed by atoms with E-state index in [9.17, 15) is 32.3 Å². The van der Waals surface area contributed by atoms with Gasteiger partial charge in [0.05, 0.1) is 18.4 Å². The number of anilines is 1. The van der Waals surface area contributed by atoms with E-state index in [1.54, 1.807) is 101 Å². The van der Waals surface area contributed by atoms with Crippen molar-refractivity contribution >= 4 is 29.4 Å². The minimum Gasteiger partial charge on any atom is -0.497 e. The van der Waals surface area contributed by atoms with Crippen LogP contribution >= 0.6 is 0 Å². The second kappa shape index (κ2) is 17.8. The van der Waals surface area contributed by atoms with Gasteiger partial charge in [-0.15, -0.1) is 0 Å². The molecular formula is C39H42F3N3O6. The number of rotatable bonds is 11. The number of amides is 3. The molecule has 2 atom stereocenters. The highest BCUT2D eigenvalue weighted by atomic mass is 19.4. The maximum Gasteiger partial charge on any atom is 0.416 e. The molecule has 3 amide bonds. The van der Waals surface area contributed by atoms with Gasteiger partial charge in [0.2, 0.25) is 17.7 Å². The molecule has 0 aliphatic rings. The molecule has 4 aromatic rings. The quantitative estimate of drug-likeness (QED) is 0.181. The highest BCUT2D eigenvalue weighted by molar-refractivity contribution is 6.12. The lowest BCUT2D eigenvalue weighted by molar-refractivity contribution is -0.146. The first-order chi connectivity index (χ1) is 24.1. The summed E-state index contributed by atoms with van der Waals surface area (Å²) in [5.74, 6) is -4.00. The Morgan fingerprint density at radius 1 is 0.706 bits per heavy atom. The Morgan fingerprint density at radius 3 is 1.65 bits per heavy atom. The number of hydrogen-bond acceptors (Lipinski definition) is 5. The molecule has 0 radical (unpaired) electrons. The molecule has 270 valence electrons. The van der Waals surface area contributed by atoms with Gasteiger partial charge in [0.25, 0.3) is 0 Å². The maximum atomic E-state index is 14.0. The lowest BCUT2D eigenvalue weighted by atomic mass is 9.95. The number of carboxylic acids is 1. The van der Waals surface area contributed by atoms with Crippen LogP contribution in [-0.4, -0.2) is 80.4 Å². The summed E-state index contributed by atoms with van der Waals surface area (Å²) in [6.07, 6.45) is -4.13. The van der Waals surface area contributed by atoms with Gasteiger partial charge in [0.15, 0.2) is 5.92 Å². The molecule has 0 spiro atoms. The van der Waals surface area contributed by atoms with E-state index < -0.39 is 41.4 Å². The lowest BCUT2D eigenvalue weighted by Crippen LogP contribution is -2.43. The standard InChI is InChI=1S/C28H29F3N2O3.C11H13NO3/c1-19-10-15-23(36-4)18-24(19)33(17-16-20-11-13-22(14-12-20)28(29,30)31)27(35)25(26(34)32(2)3)21-8-6-5-7-9-21;1-12(2)10(13)9(11(14)15)8-6-4-3-5-7-8/h5-15,18,25H,16-17H2,1-4H3;3-7,9H,1-2H3,(H,14,15). The van der Waals surface area contributed by atoms with Crippen LogP contribution in [0.15, 0.2) is 103 Å². The third-order valence-corrected chi connectivity index (χ3v) is 8.01. The Bertz CT molecular complexity index is 1780. The number of aryl methyl sites for hydroxylation is 1. The van der Waals surface area contributed by atoms with E-state index in [1.165, 1.54) is 33.9 Å². The minimum absolute atomic E-state index is 0.155. The molecule has 12 heteroatoms. The number of methoxy groups -OCH3 is 1. The van der Waals surface area contributed by atoms with Crippen LogP contribution in [0.5, 0.6) is 5.75 Å². The van der Waals surface area contributed by atoms with Crippen LogP contribution in [-0.2, 0) is 31.8 Å². The summed E-state index contributed by atoms with van der Waals surface area (Å²) in [5, 5.41) is 9.00. The molecule has 4 aromatic carbocycles. The van der Waals surface area contributed by atoms with Crippen molar-refractivity contribution in [2.24, 2.45) is 0 Å². The Kier molecular flexibility index (Phi) is 13.9. The number of nitrogens with zero attached hydrogens (tertiary/aromatic N) is 3. The van der Waals surface area contributed by atoms with Crippen LogP contribution in [0.1, 0.15) is 39.7 Å². The summed E-state index contributed by atoms with van der Waals surface area (Å²) in [4.78, 5) is 54.0. The van der Waals surface area contributed by atoms with E-state index in [0.29, 0.717) is 28.1 Å². The largest absolute Gasteiger partial charge is 0.497 e. The summed E-state index contributed by atoms with van der Waals surface area (Å²) in [6.45, 7) is 2.00. The third kappa shape index (κ3) is 10.7. The Balaban J connectivity index is 0.000000391. The Labute approximate surface area is 295 Å². The summed E-state index contributed by atoms with van der Waals surface area (Å²) < 4.78 is 44.3. The van der Waals surface area contributed by atoms with Gasteiger partial charge in [-0.1, -0.05) is 78.9 Å². The summed E-state index contributed by atoms with van der Waals surface area (Å²) >= 11 is 0. The van der Waals surface area contributed by atoms with Gasteiger partial charge in [0.1, 0.15) is 11.7 Å². The number of likely N-dealkylation sites (N-methyl/N-ethyl adjacent to an activating group) is 2. The van der Waals surface area contributed by atoms with Crippen molar-refractivity contribution in [2.75, 3.05) is 46.7 Å². The van der Waals surface area contributed by atoms with Crippen molar-refractivity contribution in [1.29, 1.82) is 0 Å². The predicted molar refractivity (Wildman–Crippen MR) is 189 cm³/mol. The van der Waals surface area contributed by atoms with Crippen LogP contribution in [0.4, 0.5) is 18.9 Å². The molecule has 9 nitrogen and oxygen atoms in total. The summed E-state index contributed by atoms with van der Waals surface area (Å²) in [5.41, 5.74) is 2.32. The molecule has 0 saturated carbocycles. The second-order valence-electron chi connectivity index (χ2n) is 12.1. The molecule has 51 heavy (non-hydrogen) atoms. The average Bonchev–Trinajstić information content (AvgIpc) is 3.10. The number of ether oxygens (including phenoxy) is 1. The number of aliphatic carboxylic acids is 1. The molecule has 0 aromatic heterocycles. The van der Waals surface area contributed by atoms with Crippen LogP contribution in [0.3, 0.4) is 0 Å². The van der Waals surface area contributed by atoms with Gasteiger partial charge < -0.3 is 24.5 Å². The summed E-state index contributed by atoms with van der Waals surface area (Å²) in [6, 6.07) is 27.5. The monoisotopic (exact) mass is 705 g/mol. The minimum atomic E-state index is -4.42. The first-order valence-electron chi connectivity index (χ1n) is 15.9. The fraction of sp³-hybridized carbons (Fsp3) is 0.282. The molecule has 0 saturated heterocycles. The SMILES string of the molecule is CN(C)C(=O)C(C(=O)O)c1ccccc1.COc1ccc(C)c(N(CCc2ccc(C(F)(F)F)cc2)C(=O)C(C(=O)N(C)C)c2ccccc2)c1. The topological polar surface area (TPSA) is 107 Å². The highest BCUT2D eigenvalue weighted by Crippen LogP contribution is 2.32. The van der Waals surface area contributed by atoms with Crippen molar-refractivity contribution in [3.8, 4) is 5.75 Å². The fourth-order valence-corrected chi connectivity index (χ4v) is 5.20. The normalized spacial score (nSPS) is 12.0. The van der Waals surface area contributed by atoms with E-state index in [-0.39, 0.29) is 18.9 Å². The zero-order valence-corrected chi connectivity index (χ0v) is 29.3. The number of benzene rings is 4. The first-order valence-corrected chi connectivity index (χ1v) is 15.9. The molecule has 0 bridgehead atoms. The van der Waals surface area contributed by atoms with Crippen LogP contribution < -0.4 is 9.64 Å². The molecule has 4 rings (SSSR count). The average molecular weight is 706 g/mol. The number of carboxylic acid groups (broad SMARTS) is 1. The van der Waals surface area contributed by atoms with Gasteiger partial charge in [-0.3, -0.25) is 19.2 Å². The smallest absolute Gasteiger partial charge is 0.416 e. The van der Waals surface area contributed by atoms with Gasteiger partial charge in [-0.2, -0.15) is 13.2 Å². The number of hydrogen-bond donors (Lipinski definition) is 1. The van der Waals surface area contributed by atoms with Gasteiger partial charge in [-0.05, 0) is 53.8 Å². The fourth-order valence-electron chi connectivity index (χ4n) is 5.20. The van der Waals surface area contributed by atoms with Crippen molar-refractivity contribution in [3.05, 3.63) is 131 Å². The van der Waals surface area contributed by atoms with E-state index >= 15 is 0 Å². The highest BCUT2D eigenvalue weighted by Gasteiger charge is 2.35. The lowest BCUT2D eigenvalue weighted by Gasteiger charge is -2.30. The third-order valence-electron chi connectivity index (χ3n) is 8.01. The molecule has 0 fully saturated rings. The summed E-state index contributed by atoms with van der Waals surface area (Å²) in [7, 11) is 7.79. The molecule has 1 N–H and O–H groups in total. The van der Waals surface area contributed by atoms with E-state index in [4.69, 9.17) is 9.84 Å². The second-order valence-corrected chi connectivity index (χ2v) is 12.1. The first kappa shape index (κ1) is 39.8. The Hall–Kier alpha value is -5.65. The van der Waals surface area contributed by atoms with E-state index in [1.807, 2.05) is 13.0 Å². The van der Waals surface area contributed by atoms with Crippen molar-refractivity contribution < 1.29 is 42.2 Å². The van der Waals surface area contributed by atoms with Crippen LogP contribution in [0, 0.1) is 6.92 Å². The molecule has 0 aliphatic heterocycles. The number of alkyl halides is 3. The molecule has 0 heterocycles. The van der Waals surface area contributed by atoms with Gasteiger partial charge in [0, 0.05) is 40.8 Å². The van der Waals surface area contributed by atoms with E-state index in [2.05, 4.69) is 0 Å². The van der Waals surface area contributed by atoms with Crippen LogP contribution in [0.2, 0.25) is 0 Å². The molecule has 2 unspecified atom stereocenters. The van der Waals surface area contributed by atoms with Crippen molar-refractivity contribution in [2.45, 2.75) is 31.4 Å². The zero-order chi connectivity index (χ0) is 37.9. The molecular weight excluding hydrogens is 663 g/mol. The number of halogens is 3.